The molecule has 0 aliphatic carbocycles. The van der Waals surface area contributed by atoms with E-state index in [0.717, 1.165) is 21.4 Å². The maximum Gasteiger partial charge on any atom is 0.335 e. The van der Waals surface area contributed by atoms with Gasteiger partial charge in [0.25, 0.3) is 11.8 Å². The lowest BCUT2D eigenvalue weighted by atomic mass is 10.1. The van der Waals surface area contributed by atoms with Crippen LogP contribution in [0.2, 0.25) is 5.02 Å². The van der Waals surface area contributed by atoms with E-state index in [1.54, 1.807) is 35.9 Å². The van der Waals surface area contributed by atoms with Crippen LogP contribution in [0.25, 0.3) is 17.0 Å². The summed E-state index contributed by atoms with van der Waals surface area (Å²) in [5.74, 6) is -1.79. The van der Waals surface area contributed by atoms with Crippen LogP contribution < -0.4 is 15.5 Å². The van der Waals surface area contributed by atoms with Crippen molar-refractivity contribution in [1.82, 2.24) is 9.88 Å². The maximum absolute atomic E-state index is 13.4. The summed E-state index contributed by atoms with van der Waals surface area (Å²) in [6, 6.07) is 18.9. The van der Waals surface area contributed by atoms with Crippen molar-refractivity contribution in [3.63, 3.8) is 0 Å². The van der Waals surface area contributed by atoms with E-state index in [0.29, 0.717) is 21.8 Å². The number of aryl methyl sites for hydroxylation is 1. The van der Waals surface area contributed by atoms with Crippen molar-refractivity contribution in [3.05, 3.63) is 100 Å². The van der Waals surface area contributed by atoms with Gasteiger partial charge < -0.3 is 9.88 Å². The standard InChI is InChI=1S/C29H23ClN4O4/c1-17-10-12-20(13-11-17)31-26(35)16-33-15-19(21-6-3-4-8-25(21)33)14-22-27(36)32-29(38)34(28(22)37)24-9-5-7-23(30)18(24)2/h3-15H,16H2,1-2H3,(H,31,35)(H,32,36,38)/b22-14+. The molecule has 0 atom stereocenters. The van der Waals surface area contributed by atoms with E-state index in [1.807, 2.05) is 55.5 Å². The molecule has 5 rings (SSSR count). The molecule has 1 aromatic heterocycles. The summed E-state index contributed by atoms with van der Waals surface area (Å²) in [6.07, 6.45) is 3.14. The monoisotopic (exact) mass is 526 g/mol. The van der Waals surface area contributed by atoms with Gasteiger partial charge in [-0.2, -0.15) is 0 Å². The second-order valence-corrected chi connectivity index (χ2v) is 9.39. The molecule has 1 fully saturated rings. The molecule has 1 aliphatic heterocycles. The van der Waals surface area contributed by atoms with Gasteiger partial charge in [0.05, 0.1) is 5.69 Å². The predicted octanol–water partition coefficient (Wildman–Crippen LogP) is 5.22. The van der Waals surface area contributed by atoms with E-state index in [1.165, 1.54) is 6.08 Å². The van der Waals surface area contributed by atoms with Gasteiger partial charge in [-0.15, -0.1) is 0 Å². The van der Waals surface area contributed by atoms with Crippen molar-refractivity contribution in [1.29, 1.82) is 0 Å². The highest BCUT2D eigenvalue weighted by molar-refractivity contribution is 6.40. The van der Waals surface area contributed by atoms with Crippen molar-refractivity contribution in [2.75, 3.05) is 10.2 Å². The molecule has 0 unspecified atom stereocenters. The topological polar surface area (TPSA) is 101 Å². The Labute approximate surface area is 223 Å². The number of aromatic nitrogens is 1. The van der Waals surface area contributed by atoms with E-state index in [-0.39, 0.29) is 23.7 Å². The first kappa shape index (κ1) is 25.0. The number of fused-ring (bicyclic) bond motifs is 1. The Morgan fingerprint density at radius 2 is 1.71 bits per heavy atom. The number of nitrogens with one attached hydrogen (secondary N) is 2. The van der Waals surface area contributed by atoms with Crippen LogP contribution in [0.5, 0.6) is 0 Å². The van der Waals surface area contributed by atoms with Gasteiger partial charge in [-0.05, 0) is 55.8 Å². The van der Waals surface area contributed by atoms with Gasteiger partial charge >= 0.3 is 6.03 Å². The highest BCUT2D eigenvalue weighted by Crippen LogP contribution is 2.30. The number of barbiturate groups is 1. The average molecular weight is 527 g/mol. The number of rotatable bonds is 5. The summed E-state index contributed by atoms with van der Waals surface area (Å²) in [5, 5.41) is 6.24. The van der Waals surface area contributed by atoms with Crippen molar-refractivity contribution >= 4 is 63.7 Å². The Hall–Kier alpha value is -4.69. The summed E-state index contributed by atoms with van der Waals surface area (Å²) in [4.78, 5) is 52.5. The first-order valence-corrected chi connectivity index (χ1v) is 12.2. The van der Waals surface area contributed by atoms with E-state index in [9.17, 15) is 19.2 Å². The third kappa shape index (κ3) is 4.69. The first-order valence-electron chi connectivity index (χ1n) is 11.8. The second-order valence-electron chi connectivity index (χ2n) is 8.99. The minimum Gasteiger partial charge on any atom is -0.337 e. The Bertz CT molecular complexity index is 1650. The van der Waals surface area contributed by atoms with Gasteiger partial charge in [0.1, 0.15) is 12.1 Å². The van der Waals surface area contributed by atoms with Crippen LogP contribution >= 0.6 is 11.6 Å². The second kappa shape index (κ2) is 9.99. The number of benzene rings is 3. The van der Waals surface area contributed by atoms with Crippen LogP contribution in [0.15, 0.2) is 78.5 Å². The normalized spacial score (nSPS) is 14.8. The van der Waals surface area contributed by atoms with E-state index >= 15 is 0 Å². The zero-order chi connectivity index (χ0) is 27.0. The molecule has 4 aromatic rings. The number of amides is 5. The highest BCUT2D eigenvalue weighted by Gasteiger charge is 2.37. The Balaban J connectivity index is 1.49. The minimum atomic E-state index is -0.849. The van der Waals surface area contributed by atoms with E-state index < -0.39 is 17.8 Å². The molecule has 8 nitrogen and oxygen atoms in total. The third-order valence-electron chi connectivity index (χ3n) is 6.35. The maximum atomic E-state index is 13.4. The summed E-state index contributed by atoms with van der Waals surface area (Å²) in [7, 11) is 0. The lowest BCUT2D eigenvalue weighted by Crippen LogP contribution is -2.54. The number of nitrogens with zero attached hydrogens (tertiary/aromatic N) is 2. The fourth-order valence-corrected chi connectivity index (χ4v) is 4.55. The summed E-state index contributed by atoms with van der Waals surface area (Å²) < 4.78 is 1.75. The van der Waals surface area contributed by atoms with Gasteiger partial charge in [-0.1, -0.05) is 53.6 Å². The average Bonchev–Trinajstić information content (AvgIpc) is 3.22. The number of hydrogen-bond acceptors (Lipinski definition) is 4. The number of para-hydroxylation sites is 1. The van der Waals surface area contributed by atoms with Crippen molar-refractivity contribution in [2.24, 2.45) is 0 Å². The molecule has 3 aromatic carbocycles. The van der Waals surface area contributed by atoms with E-state index in [2.05, 4.69) is 10.6 Å². The van der Waals surface area contributed by atoms with Crippen LogP contribution in [0.1, 0.15) is 16.7 Å². The molecule has 1 saturated heterocycles. The van der Waals surface area contributed by atoms with Crippen LogP contribution in [-0.4, -0.2) is 28.3 Å². The third-order valence-corrected chi connectivity index (χ3v) is 6.76. The molecular formula is C29H23ClN4O4. The molecule has 38 heavy (non-hydrogen) atoms. The van der Waals surface area contributed by atoms with Gasteiger partial charge in [0.15, 0.2) is 0 Å². The lowest BCUT2D eigenvalue weighted by molar-refractivity contribution is -0.122. The van der Waals surface area contributed by atoms with Gasteiger partial charge in [0.2, 0.25) is 5.91 Å². The minimum absolute atomic E-state index is 0.0179. The summed E-state index contributed by atoms with van der Waals surface area (Å²) in [5.41, 5.74) is 3.68. The molecular weight excluding hydrogens is 504 g/mol. The van der Waals surface area contributed by atoms with Crippen molar-refractivity contribution < 1.29 is 19.2 Å². The van der Waals surface area contributed by atoms with Crippen molar-refractivity contribution in [2.45, 2.75) is 20.4 Å². The van der Waals surface area contributed by atoms with Crippen molar-refractivity contribution in [3.8, 4) is 0 Å². The lowest BCUT2D eigenvalue weighted by Gasteiger charge is -2.27. The molecule has 0 radical (unpaired) electrons. The first-order chi connectivity index (χ1) is 18.2. The number of urea groups is 1. The zero-order valence-electron chi connectivity index (χ0n) is 20.6. The zero-order valence-corrected chi connectivity index (χ0v) is 21.4. The molecule has 0 spiro atoms. The summed E-state index contributed by atoms with van der Waals surface area (Å²) in [6.45, 7) is 3.67. The number of imide groups is 2. The molecule has 0 bridgehead atoms. The SMILES string of the molecule is Cc1ccc(NC(=O)Cn2cc(/C=C3\C(=O)NC(=O)N(c4cccc(Cl)c4C)C3=O)c3ccccc32)cc1. The van der Waals surface area contributed by atoms with Crippen LogP contribution in [0.3, 0.4) is 0 Å². The van der Waals surface area contributed by atoms with Gasteiger partial charge in [-0.3, -0.25) is 19.7 Å². The highest BCUT2D eigenvalue weighted by atomic mass is 35.5. The fraction of sp³-hybridized carbons (Fsp3) is 0.103. The van der Waals surface area contributed by atoms with Crippen LogP contribution in [-0.2, 0) is 20.9 Å². The van der Waals surface area contributed by atoms with Gasteiger partial charge in [0, 0.05) is 33.4 Å². The Kier molecular flexibility index (Phi) is 6.57. The number of halogens is 1. The Morgan fingerprint density at radius 1 is 0.974 bits per heavy atom. The number of carbonyl (C=O) groups excluding carboxylic acids is 4. The quantitative estimate of drug-likeness (QED) is 0.275. The number of hydrogen-bond donors (Lipinski definition) is 2. The molecule has 2 N–H and O–H groups in total. The molecule has 2 heterocycles. The smallest absolute Gasteiger partial charge is 0.335 e. The molecule has 0 saturated carbocycles. The van der Waals surface area contributed by atoms with Crippen LogP contribution in [0, 0.1) is 13.8 Å². The molecule has 190 valence electrons. The summed E-state index contributed by atoms with van der Waals surface area (Å²) >= 11 is 6.20. The number of carbonyl (C=O) groups is 4. The predicted molar refractivity (Wildman–Crippen MR) is 147 cm³/mol. The molecule has 9 heteroatoms. The number of anilines is 2. The van der Waals surface area contributed by atoms with Gasteiger partial charge in [-0.25, -0.2) is 9.69 Å². The largest absolute Gasteiger partial charge is 0.337 e. The van der Waals surface area contributed by atoms with Crippen LogP contribution in [0.4, 0.5) is 16.2 Å². The Morgan fingerprint density at radius 3 is 2.47 bits per heavy atom. The molecule has 1 aliphatic rings. The van der Waals surface area contributed by atoms with E-state index in [4.69, 9.17) is 11.6 Å². The fourth-order valence-electron chi connectivity index (χ4n) is 4.38. The molecule has 5 amide bonds.